The molecule has 21 heavy (non-hydrogen) atoms. The first kappa shape index (κ1) is 15.1. The predicted molar refractivity (Wildman–Crippen MR) is 80.5 cm³/mol. The average molecular weight is 288 g/mol. The molecule has 0 spiro atoms. The van der Waals surface area contributed by atoms with Crippen LogP contribution >= 0.6 is 0 Å². The second-order valence-electron chi connectivity index (χ2n) is 4.97. The molecule has 1 atom stereocenters. The maximum Gasteiger partial charge on any atom is 0.254 e. The first-order valence-corrected chi connectivity index (χ1v) is 6.72. The number of methoxy groups -OCH3 is 1. The standard InChI is InChI=1S/C16H20N2O3/c1-18(2)15(12-4-6-14(20-3)7-5-12)10-17-16(19)13-8-9-21-11-13/h4-9,11,15H,10H2,1-3H3,(H,17,19). The molecule has 5 heteroatoms. The van der Waals surface area contributed by atoms with Crippen LogP contribution in [0.4, 0.5) is 0 Å². The largest absolute Gasteiger partial charge is 0.497 e. The highest BCUT2D eigenvalue weighted by molar-refractivity contribution is 5.93. The lowest BCUT2D eigenvalue weighted by atomic mass is 10.1. The Morgan fingerprint density at radius 3 is 2.52 bits per heavy atom. The van der Waals surface area contributed by atoms with Crippen molar-refractivity contribution in [1.82, 2.24) is 10.2 Å². The molecule has 1 N–H and O–H groups in total. The van der Waals surface area contributed by atoms with Crippen molar-refractivity contribution in [1.29, 1.82) is 0 Å². The highest BCUT2D eigenvalue weighted by atomic mass is 16.5. The molecule has 0 radical (unpaired) electrons. The van der Waals surface area contributed by atoms with E-state index in [0.29, 0.717) is 12.1 Å². The highest BCUT2D eigenvalue weighted by Gasteiger charge is 2.16. The van der Waals surface area contributed by atoms with Crippen molar-refractivity contribution >= 4 is 5.91 Å². The van der Waals surface area contributed by atoms with Gasteiger partial charge in [0.05, 0.1) is 25.0 Å². The fourth-order valence-corrected chi connectivity index (χ4v) is 2.11. The minimum absolute atomic E-state index is 0.0896. The Balaban J connectivity index is 2.03. The predicted octanol–water partition coefficient (Wildman–Crippen LogP) is 2.32. The average Bonchev–Trinajstić information content (AvgIpc) is 3.02. The third-order valence-electron chi connectivity index (χ3n) is 3.36. The van der Waals surface area contributed by atoms with Crippen LogP contribution in [0.5, 0.6) is 5.75 Å². The Kier molecular flexibility index (Phi) is 5.00. The van der Waals surface area contributed by atoms with E-state index in [2.05, 4.69) is 10.2 Å². The molecule has 1 unspecified atom stereocenters. The molecule has 1 heterocycles. The van der Waals surface area contributed by atoms with Crippen LogP contribution in [0.3, 0.4) is 0 Å². The zero-order valence-electron chi connectivity index (χ0n) is 12.5. The summed E-state index contributed by atoms with van der Waals surface area (Å²) in [6.07, 6.45) is 2.93. The number of carbonyl (C=O) groups excluding carboxylic acids is 1. The van der Waals surface area contributed by atoms with Gasteiger partial charge in [-0.05, 0) is 37.9 Å². The van der Waals surface area contributed by atoms with Crippen molar-refractivity contribution in [3.63, 3.8) is 0 Å². The van der Waals surface area contributed by atoms with E-state index in [1.165, 1.54) is 12.5 Å². The van der Waals surface area contributed by atoms with Crippen LogP contribution < -0.4 is 10.1 Å². The van der Waals surface area contributed by atoms with E-state index in [0.717, 1.165) is 11.3 Å². The zero-order valence-corrected chi connectivity index (χ0v) is 12.5. The maximum atomic E-state index is 12.0. The summed E-state index contributed by atoms with van der Waals surface area (Å²) in [5, 5.41) is 2.92. The number of carbonyl (C=O) groups is 1. The molecule has 2 rings (SSSR count). The molecule has 5 nitrogen and oxygen atoms in total. The van der Waals surface area contributed by atoms with Crippen LogP contribution in [0, 0.1) is 0 Å². The number of nitrogens with zero attached hydrogens (tertiary/aromatic N) is 1. The monoisotopic (exact) mass is 288 g/mol. The number of likely N-dealkylation sites (N-methyl/N-ethyl adjacent to an activating group) is 1. The van der Waals surface area contributed by atoms with Crippen LogP contribution in [-0.2, 0) is 0 Å². The molecule has 0 aliphatic carbocycles. The summed E-state index contributed by atoms with van der Waals surface area (Å²) in [6, 6.07) is 9.59. The van der Waals surface area contributed by atoms with Crippen molar-refractivity contribution in [2.75, 3.05) is 27.7 Å². The lowest BCUT2D eigenvalue weighted by molar-refractivity contribution is 0.0941. The molecule has 1 aromatic carbocycles. The van der Waals surface area contributed by atoms with E-state index in [1.54, 1.807) is 13.2 Å². The Morgan fingerprint density at radius 2 is 2.00 bits per heavy atom. The number of hydrogen-bond acceptors (Lipinski definition) is 4. The summed E-state index contributed by atoms with van der Waals surface area (Å²) in [4.78, 5) is 14.0. The van der Waals surface area contributed by atoms with Crippen LogP contribution in [0.1, 0.15) is 22.0 Å². The number of ether oxygens (including phenoxy) is 1. The van der Waals surface area contributed by atoms with E-state index in [4.69, 9.17) is 9.15 Å². The van der Waals surface area contributed by atoms with Crippen molar-refractivity contribution in [3.8, 4) is 5.75 Å². The van der Waals surface area contributed by atoms with E-state index in [9.17, 15) is 4.79 Å². The smallest absolute Gasteiger partial charge is 0.254 e. The summed E-state index contributed by atoms with van der Waals surface area (Å²) in [7, 11) is 5.61. The van der Waals surface area contributed by atoms with Gasteiger partial charge in [0.25, 0.3) is 5.91 Å². The van der Waals surface area contributed by atoms with Crippen LogP contribution in [-0.4, -0.2) is 38.6 Å². The molecule has 1 amide bonds. The molecule has 0 bridgehead atoms. The van der Waals surface area contributed by atoms with Crippen molar-refractivity contribution in [3.05, 3.63) is 54.0 Å². The Bertz CT molecular complexity index is 562. The second-order valence-corrected chi connectivity index (χ2v) is 4.97. The van der Waals surface area contributed by atoms with Gasteiger partial charge in [0, 0.05) is 6.54 Å². The number of hydrogen-bond donors (Lipinski definition) is 1. The van der Waals surface area contributed by atoms with Gasteiger partial charge in [-0.1, -0.05) is 12.1 Å². The maximum absolute atomic E-state index is 12.0. The third kappa shape index (κ3) is 3.86. The number of furan rings is 1. The van der Waals surface area contributed by atoms with E-state index < -0.39 is 0 Å². The molecule has 0 saturated carbocycles. The second kappa shape index (κ2) is 6.95. The van der Waals surface area contributed by atoms with Crippen LogP contribution in [0.25, 0.3) is 0 Å². The Hall–Kier alpha value is -2.27. The Morgan fingerprint density at radius 1 is 1.29 bits per heavy atom. The summed E-state index contributed by atoms with van der Waals surface area (Å²) in [6.45, 7) is 0.517. The van der Waals surface area contributed by atoms with Gasteiger partial charge in [0.2, 0.25) is 0 Å². The fraction of sp³-hybridized carbons (Fsp3) is 0.312. The molecule has 0 aliphatic heterocycles. The topological polar surface area (TPSA) is 54.7 Å². The van der Waals surface area contributed by atoms with Gasteiger partial charge in [0.1, 0.15) is 12.0 Å². The van der Waals surface area contributed by atoms with Gasteiger partial charge in [0.15, 0.2) is 0 Å². The van der Waals surface area contributed by atoms with Gasteiger partial charge < -0.3 is 19.4 Å². The molecule has 0 saturated heterocycles. The summed E-state index contributed by atoms with van der Waals surface area (Å²) < 4.78 is 10.1. The number of nitrogens with one attached hydrogen (secondary N) is 1. The van der Waals surface area contributed by atoms with Crippen molar-refractivity contribution in [2.24, 2.45) is 0 Å². The number of benzene rings is 1. The molecule has 1 aromatic heterocycles. The van der Waals surface area contributed by atoms with Gasteiger partial charge in [-0.25, -0.2) is 0 Å². The van der Waals surface area contributed by atoms with Gasteiger partial charge in [-0.3, -0.25) is 4.79 Å². The SMILES string of the molecule is COc1ccc(C(CNC(=O)c2ccoc2)N(C)C)cc1. The molecule has 2 aromatic rings. The fourth-order valence-electron chi connectivity index (χ4n) is 2.11. The molecular formula is C16H20N2O3. The minimum atomic E-state index is -0.135. The molecule has 0 fully saturated rings. The zero-order chi connectivity index (χ0) is 15.2. The Labute approximate surface area is 124 Å². The lowest BCUT2D eigenvalue weighted by Gasteiger charge is -2.25. The number of amides is 1. The molecule has 0 aliphatic rings. The van der Waals surface area contributed by atoms with E-state index in [1.807, 2.05) is 38.4 Å². The van der Waals surface area contributed by atoms with Gasteiger partial charge in [-0.15, -0.1) is 0 Å². The summed E-state index contributed by atoms with van der Waals surface area (Å²) in [5.41, 5.74) is 1.65. The number of rotatable bonds is 6. The summed E-state index contributed by atoms with van der Waals surface area (Å²) in [5.74, 6) is 0.683. The van der Waals surface area contributed by atoms with E-state index in [-0.39, 0.29) is 11.9 Å². The first-order chi connectivity index (χ1) is 10.1. The summed E-state index contributed by atoms with van der Waals surface area (Å²) >= 11 is 0. The molecule has 112 valence electrons. The van der Waals surface area contributed by atoms with Gasteiger partial charge in [-0.2, -0.15) is 0 Å². The molecular weight excluding hydrogens is 268 g/mol. The third-order valence-corrected chi connectivity index (χ3v) is 3.36. The van der Waals surface area contributed by atoms with Crippen molar-refractivity contribution in [2.45, 2.75) is 6.04 Å². The van der Waals surface area contributed by atoms with Gasteiger partial charge >= 0.3 is 0 Å². The normalized spacial score (nSPS) is 12.2. The first-order valence-electron chi connectivity index (χ1n) is 6.72. The quantitative estimate of drug-likeness (QED) is 0.886. The minimum Gasteiger partial charge on any atom is -0.497 e. The van der Waals surface area contributed by atoms with E-state index >= 15 is 0 Å². The van der Waals surface area contributed by atoms with Crippen LogP contribution in [0.15, 0.2) is 47.3 Å². The van der Waals surface area contributed by atoms with Crippen molar-refractivity contribution < 1.29 is 13.9 Å². The van der Waals surface area contributed by atoms with Crippen LogP contribution in [0.2, 0.25) is 0 Å². The highest BCUT2D eigenvalue weighted by Crippen LogP contribution is 2.20. The lowest BCUT2D eigenvalue weighted by Crippen LogP contribution is -2.34.